The van der Waals surface area contributed by atoms with E-state index < -0.39 is 33.6 Å². The summed E-state index contributed by atoms with van der Waals surface area (Å²) in [6, 6.07) is 9.94. The van der Waals surface area contributed by atoms with Gasteiger partial charge in [-0.3, -0.25) is 4.98 Å². The number of hydrogen-bond acceptors (Lipinski definition) is 6. The Balaban J connectivity index is 1.68. The summed E-state index contributed by atoms with van der Waals surface area (Å²) in [5.74, 6) is 0.197. The molecule has 10 heteroatoms. The number of rotatable bonds is 4. The molecule has 4 rings (SSSR count). The molecule has 1 saturated heterocycles. The van der Waals surface area contributed by atoms with Crippen LogP contribution in [0.4, 0.5) is 9.18 Å². The van der Waals surface area contributed by atoms with Crippen molar-refractivity contribution in [2.75, 3.05) is 19.6 Å². The van der Waals surface area contributed by atoms with E-state index in [4.69, 9.17) is 9.47 Å². The summed E-state index contributed by atoms with van der Waals surface area (Å²) in [7, 11) is -3.98. The van der Waals surface area contributed by atoms with E-state index in [1.165, 1.54) is 34.8 Å². The highest BCUT2D eigenvalue weighted by atomic mass is 32.2. The van der Waals surface area contributed by atoms with Crippen LogP contribution in [0.5, 0.6) is 11.5 Å². The number of carbonyl (C=O) groups is 1. The Bertz CT molecular complexity index is 1350. The van der Waals surface area contributed by atoms with Gasteiger partial charge in [0, 0.05) is 42.6 Å². The average Bonchev–Trinajstić information content (AvgIpc) is 3.01. The normalized spacial score (nSPS) is 17.6. The van der Waals surface area contributed by atoms with Crippen LogP contribution >= 0.6 is 0 Å². The van der Waals surface area contributed by atoms with Crippen molar-refractivity contribution in [3.8, 4) is 11.5 Å². The zero-order valence-corrected chi connectivity index (χ0v) is 21.6. The number of benzene rings is 2. The summed E-state index contributed by atoms with van der Waals surface area (Å²) in [5, 5.41) is 0.978. The number of carbonyl (C=O) groups excluding carboxylic acids is 1. The summed E-state index contributed by atoms with van der Waals surface area (Å²) in [6.07, 6.45) is 3.02. The lowest BCUT2D eigenvalue weighted by atomic mass is 10.1. The number of amides is 1. The second-order valence-electron chi connectivity index (χ2n) is 9.79. The predicted octanol–water partition coefficient (Wildman–Crippen LogP) is 5.19. The number of halogens is 1. The molecule has 1 atom stereocenters. The fourth-order valence-corrected chi connectivity index (χ4v) is 6.10. The van der Waals surface area contributed by atoms with Crippen molar-refractivity contribution in [2.24, 2.45) is 0 Å². The summed E-state index contributed by atoms with van der Waals surface area (Å²) in [4.78, 5) is 18.5. The second kappa shape index (κ2) is 10.0. The molecular weight excluding hydrogens is 485 g/mol. The minimum atomic E-state index is -3.98. The average molecular weight is 516 g/mol. The zero-order valence-electron chi connectivity index (χ0n) is 20.8. The number of sulfonamides is 1. The lowest BCUT2D eigenvalue weighted by Crippen LogP contribution is -2.45. The largest absolute Gasteiger partial charge is 0.455 e. The monoisotopic (exact) mass is 515 g/mol. The smallest absolute Gasteiger partial charge is 0.410 e. The molecule has 2 aromatic carbocycles. The second-order valence-corrected chi connectivity index (χ2v) is 11.7. The van der Waals surface area contributed by atoms with Gasteiger partial charge >= 0.3 is 6.09 Å². The van der Waals surface area contributed by atoms with Gasteiger partial charge in [0.05, 0.1) is 11.1 Å². The van der Waals surface area contributed by atoms with Crippen molar-refractivity contribution in [1.82, 2.24) is 14.2 Å². The molecule has 1 aliphatic rings. The predicted molar refractivity (Wildman–Crippen MR) is 134 cm³/mol. The fourth-order valence-electron chi connectivity index (χ4n) is 4.21. The minimum absolute atomic E-state index is 0.0806. The van der Waals surface area contributed by atoms with E-state index >= 15 is 0 Å². The molecule has 0 bridgehead atoms. The van der Waals surface area contributed by atoms with Crippen molar-refractivity contribution in [3.05, 3.63) is 60.7 Å². The first-order valence-corrected chi connectivity index (χ1v) is 13.2. The van der Waals surface area contributed by atoms with Gasteiger partial charge in [-0.15, -0.1) is 0 Å². The van der Waals surface area contributed by atoms with Gasteiger partial charge in [0.1, 0.15) is 17.2 Å². The van der Waals surface area contributed by atoms with Crippen LogP contribution in [0.15, 0.2) is 59.8 Å². The van der Waals surface area contributed by atoms with Crippen LogP contribution in [-0.4, -0.2) is 60.0 Å². The first-order valence-electron chi connectivity index (χ1n) is 11.8. The highest BCUT2D eigenvalue weighted by molar-refractivity contribution is 7.89. The van der Waals surface area contributed by atoms with Gasteiger partial charge in [-0.1, -0.05) is 12.1 Å². The molecule has 1 aromatic heterocycles. The molecule has 0 spiro atoms. The first kappa shape index (κ1) is 25.8. The number of nitrogens with zero attached hydrogens (tertiary/aromatic N) is 3. The molecule has 0 radical (unpaired) electrons. The highest BCUT2D eigenvalue weighted by Crippen LogP contribution is 2.36. The molecule has 1 amide bonds. The van der Waals surface area contributed by atoms with E-state index in [9.17, 15) is 17.6 Å². The number of fused-ring (bicyclic) bond motifs is 1. The zero-order chi connectivity index (χ0) is 26.1. The SMILES string of the molecule is C[C@@H]1CN(C(=O)OC(C)(C)C)CCCN1S(=O)(=O)c1cccc2cncc(Oc3ccc(F)cc3)c12. The topological polar surface area (TPSA) is 89.0 Å². The maximum Gasteiger partial charge on any atom is 0.410 e. The third kappa shape index (κ3) is 5.60. The maximum atomic E-state index is 14.0. The van der Waals surface area contributed by atoms with Gasteiger partial charge in [0.2, 0.25) is 10.0 Å². The van der Waals surface area contributed by atoms with Gasteiger partial charge in [-0.05, 0) is 64.4 Å². The summed E-state index contributed by atoms with van der Waals surface area (Å²) < 4.78 is 54.2. The van der Waals surface area contributed by atoms with Gasteiger partial charge in [-0.25, -0.2) is 17.6 Å². The fraction of sp³-hybridized carbons (Fsp3) is 0.385. The summed E-state index contributed by atoms with van der Waals surface area (Å²) >= 11 is 0. The number of ether oxygens (including phenoxy) is 2. The molecule has 2 heterocycles. The Hall–Kier alpha value is -3.24. The summed E-state index contributed by atoms with van der Waals surface area (Å²) in [6.45, 7) is 8.02. The Labute approximate surface area is 210 Å². The van der Waals surface area contributed by atoms with Crippen LogP contribution in [0.3, 0.4) is 0 Å². The number of hydrogen-bond donors (Lipinski definition) is 0. The Morgan fingerprint density at radius 2 is 1.81 bits per heavy atom. The molecule has 192 valence electrons. The molecule has 0 aliphatic carbocycles. The maximum absolute atomic E-state index is 14.0. The standard InChI is InChI=1S/C26H30FN3O5S/c1-18-17-29(25(31)35-26(2,3)4)13-6-14-30(18)36(32,33)23-8-5-7-19-15-28-16-22(24(19)23)34-21-11-9-20(27)10-12-21/h5,7-12,15-16,18H,6,13-14,17H2,1-4H3/t18-/m1/s1. The van der Waals surface area contributed by atoms with Crippen LogP contribution in [-0.2, 0) is 14.8 Å². The third-order valence-electron chi connectivity index (χ3n) is 5.77. The first-order chi connectivity index (χ1) is 17.0. The van der Waals surface area contributed by atoms with E-state index in [-0.39, 0.29) is 23.7 Å². The minimum Gasteiger partial charge on any atom is -0.455 e. The molecular formula is C26H30FN3O5S. The molecule has 1 fully saturated rings. The molecule has 0 saturated carbocycles. The Morgan fingerprint density at radius 3 is 2.50 bits per heavy atom. The Morgan fingerprint density at radius 1 is 1.08 bits per heavy atom. The van der Waals surface area contributed by atoms with Crippen molar-refractivity contribution in [3.63, 3.8) is 0 Å². The highest BCUT2D eigenvalue weighted by Gasteiger charge is 2.35. The molecule has 36 heavy (non-hydrogen) atoms. The van der Waals surface area contributed by atoms with Crippen LogP contribution in [0.2, 0.25) is 0 Å². The van der Waals surface area contributed by atoms with E-state index in [1.54, 1.807) is 57.0 Å². The van der Waals surface area contributed by atoms with Crippen LogP contribution in [0, 0.1) is 5.82 Å². The van der Waals surface area contributed by atoms with Crippen LogP contribution < -0.4 is 4.74 Å². The van der Waals surface area contributed by atoms with Gasteiger partial charge in [-0.2, -0.15) is 4.31 Å². The van der Waals surface area contributed by atoms with Crippen LogP contribution in [0.25, 0.3) is 10.8 Å². The van der Waals surface area contributed by atoms with E-state index in [2.05, 4.69) is 4.98 Å². The van der Waals surface area contributed by atoms with Crippen molar-refractivity contribution >= 4 is 26.9 Å². The van der Waals surface area contributed by atoms with E-state index in [1.807, 2.05) is 0 Å². The number of pyridine rings is 1. The lowest BCUT2D eigenvalue weighted by Gasteiger charge is -2.30. The van der Waals surface area contributed by atoms with Crippen molar-refractivity contribution in [2.45, 2.75) is 50.7 Å². The van der Waals surface area contributed by atoms with Crippen molar-refractivity contribution < 1.29 is 27.1 Å². The summed E-state index contributed by atoms with van der Waals surface area (Å²) in [5.41, 5.74) is -0.643. The number of aromatic nitrogens is 1. The molecule has 8 nitrogen and oxygen atoms in total. The molecule has 1 aliphatic heterocycles. The van der Waals surface area contributed by atoms with Gasteiger partial charge in [0.25, 0.3) is 0 Å². The molecule has 0 N–H and O–H groups in total. The van der Waals surface area contributed by atoms with Gasteiger partial charge < -0.3 is 14.4 Å². The quantitative estimate of drug-likeness (QED) is 0.475. The molecule has 3 aromatic rings. The Kier molecular flexibility index (Phi) is 7.19. The van der Waals surface area contributed by atoms with Crippen LogP contribution in [0.1, 0.15) is 34.1 Å². The van der Waals surface area contributed by atoms with E-state index in [0.29, 0.717) is 29.5 Å². The van der Waals surface area contributed by atoms with Gasteiger partial charge in [0.15, 0.2) is 5.75 Å². The van der Waals surface area contributed by atoms with E-state index in [0.717, 1.165) is 0 Å². The third-order valence-corrected chi connectivity index (χ3v) is 7.83. The lowest BCUT2D eigenvalue weighted by molar-refractivity contribution is 0.0244. The van der Waals surface area contributed by atoms with Crippen molar-refractivity contribution in [1.29, 1.82) is 0 Å². The molecule has 0 unspecified atom stereocenters.